The van der Waals surface area contributed by atoms with Gasteiger partial charge in [-0.1, -0.05) is 53.5 Å². The van der Waals surface area contributed by atoms with E-state index in [1.54, 1.807) is 0 Å². The zero-order valence-corrected chi connectivity index (χ0v) is 15.4. The Kier molecular flexibility index (Phi) is 8.22. The van der Waals surface area contributed by atoms with Gasteiger partial charge in [-0.05, 0) is 43.3 Å². The topological polar surface area (TPSA) is 9.23 Å². The summed E-state index contributed by atoms with van der Waals surface area (Å²) >= 11 is 0. The van der Waals surface area contributed by atoms with Crippen molar-refractivity contribution in [2.75, 3.05) is 0 Å². The average molecular weight is 285 g/mol. The van der Waals surface area contributed by atoms with E-state index in [-0.39, 0.29) is 0 Å². The quantitative estimate of drug-likeness (QED) is 0.363. The van der Waals surface area contributed by atoms with Crippen LogP contribution >= 0.6 is 0 Å². The Balaban J connectivity index is 4.70. The smallest absolute Gasteiger partial charge is 0.192 e. The molecule has 0 aliphatic heterocycles. The first-order valence-electron chi connectivity index (χ1n) is 7.94. The van der Waals surface area contributed by atoms with Crippen molar-refractivity contribution in [3.05, 3.63) is 12.7 Å². The highest BCUT2D eigenvalue weighted by Gasteiger charge is 2.39. The lowest BCUT2D eigenvalue weighted by Gasteiger charge is -2.41. The van der Waals surface area contributed by atoms with Crippen molar-refractivity contribution < 1.29 is 4.43 Å². The van der Waals surface area contributed by atoms with Crippen LogP contribution in [-0.2, 0) is 4.43 Å². The van der Waals surface area contributed by atoms with Crippen LogP contribution in [0.1, 0.15) is 66.7 Å². The Bertz CT molecular complexity index is 252. The molecule has 0 bridgehead atoms. The number of rotatable bonds is 9. The third-order valence-corrected chi connectivity index (χ3v) is 9.06. The standard InChI is InChI=1S/C17H36OSi/c1-9-11-13-15(3)16(14-12-10-2)18-19(7,8)17(4,5)6/h9,15-16H,1,10-14H2,2-8H3/t15-,16+/m1/s1. The van der Waals surface area contributed by atoms with Crippen LogP contribution in [0.3, 0.4) is 0 Å². The summed E-state index contributed by atoms with van der Waals surface area (Å²) in [7, 11) is -1.65. The lowest BCUT2D eigenvalue weighted by molar-refractivity contribution is 0.110. The molecule has 0 aliphatic rings. The maximum absolute atomic E-state index is 6.67. The summed E-state index contributed by atoms with van der Waals surface area (Å²) in [6.07, 6.45) is 8.50. The number of hydrogen-bond donors (Lipinski definition) is 0. The minimum absolute atomic E-state index is 0.301. The number of hydrogen-bond acceptors (Lipinski definition) is 1. The molecular weight excluding hydrogens is 248 g/mol. The second kappa shape index (κ2) is 8.26. The molecule has 0 aromatic rings. The molecule has 0 aromatic heterocycles. The van der Waals surface area contributed by atoms with Crippen molar-refractivity contribution in [3.8, 4) is 0 Å². The van der Waals surface area contributed by atoms with Gasteiger partial charge in [-0.15, -0.1) is 6.58 Å². The molecule has 0 heterocycles. The molecule has 0 amide bonds. The molecule has 2 heteroatoms. The van der Waals surface area contributed by atoms with Crippen molar-refractivity contribution in [3.63, 3.8) is 0 Å². The second-order valence-corrected chi connectivity index (χ2v) is 12.2. The Morgan fingerprint density at radius 2 is 1.79 bits per heavy atom. The van der Waals surface area contributed by atoms with Crippen LogP contribution in [0.2, 0.25) is 18.1 Å². The normalized spacial score (nSPS) is 16.2. The number of unbranched alkanes of at least 4 members (excludes halogenated alkanes) is 1. The first-order valence-corrected chi connectivity index (χ1v) is 10.8. The summed E-state index contributed by atoms with van der Waals surface area (Å²) in [6, 6.07) is 0. The summed E-state index contributed by atoms with van der Waals surface area (Å²) < 4.78 is 6.67. The van der Waals surface area contributed by atoms with E-state index in [0.717, 1.165) is 6.42 Å². The Morgan fingerprint density at radius 1 is 1.21 bits per heavy atom. The highest BCUT2D eigenvalue weighted by Crippen LogP contribution is 2.39. The van der Waals surface area contributed by atoms with Gasteiger partial charge in [0.1, 0.15) is 0 Å². The summed E-state index contributed by atoms with van der Waals surface area (Å²) in [5.41, 5.74) is 0. The maximum atomic E-state index is 6.67. The van der Waals surface area contributed by atoms with Crippen molar-refractivity contribution in [1.29, 1.82) is 0 Å². The summed E-state index contributed by atoms with van der Waals surface area (Å²) in [5.74, 6) is 0.638. The largest absolute Gasteiger partial charge is 0.414 e. The molecule has 0 fully saturated rings. The highest BCUT2D eigenvalue weighted by molar-refractivity contribution is 6.74. The predicted molar refractivity (Wildman–Crippen MR) is 90.2 cm³/mol. The maximum Gasteiger partial charge on any atom is 0.192 e. The predicted octanol–water partition coefficient (Wildman–Crippen LogP) is 6.17. The van der Waals surface area contributed by atoms with Crippen LogP contribution in [0.5, 0.6) is 0 Å². The van der Waals surface area contributed by atoms with E-state index in [4.69, 9.17) is 4.43 Å². The monoisotopic (exact) mass is 284 g/mol. The molecule has 2 atom stereocenters. The lowest BCUT2D eigenvalue weighted by Crippen LogP contribution is -2.45. The van der Waals surface area contributed by atoms with Crippen LogP contribution in [0.4, 0.5) is 0 Å². The van der Waals surface area contributed by atoms with E-state index in [9.17, 15) is 0 Å². The van der Waals surface area contributed by atoms with Crippen molar-refractivity contribution in [2.45, 2.75) is 91.0 Å². The zero-order chi connectivity index (χ0) is 15.1. The van der Waals surface area contributed by atoms with E-state index in [1.165, 1.54) is 25.7 Å². The highest BCUT2D eigenvalue weighted by atomic mass is 28.4. The first-order chi connectivity index (χ1) is 8.65. The second-order valence-electron chi connectivity index (χ2n) is 7.40. The molecule has 0 aliphatic carbocycles. The fourth-order valence-electron chi connectivity index (χ4n) is 1.99. The van der Waals surface area contributed by atoms with Gasteiger partial charge in [0, 0.05) is 6.10 Å². The van der Waals surface area contributed by atoms with Crippen LogP contribution in [0, 0.1) is 5.92 Å². The fourth-order valence-corrected chi connectivity index (χ4v) is 3.45. The Morgan fingerprint density at radius 3 is 2.21 bits per heavy atom. The zero-order valence-electron chi connectivity index (χ0n) is 14.4. The first kappa shape index (κ1) is 18.9. The molecule has 1 nitrogen and oxygen atoms in total. The van der Waals surface area contributed by atoms with Crippen LogP contribution in [0.15, 0.2) is 12.7 Å². The van der Waals surface area contributed by atoms with E-state index in [0.29, 0.717) is 17.1 Å². The molecular formula is C17H36OSi. The van der Waals surface area contributed by atoms with Crippen LogP contribution in [-0.4, -0.2) is 14.4 Å². The molecule has 114 valence electrons. The summed E-state index contributed by atoms with van der Waals surface area (Å²) in [5, 5.41) is 0.301. The fraction of sp³-hybridized carbons (Fsp3) is 0.882. The van der Waals surface area contributed by atoms with Gasteiger partial charge in [0.2, 0.25) is 0 Å². The van der Waals surface area contributed by atoms with Gasteiger partial charge in [-0.2, -0.15) is 0 Å². The molecule has 0 saturated heterocycles. The molecule has 0 rings (SSSR count). The van der Waals surface area contributed by atoms with Gasteiger partial charge >= 0.3 is 0 Å². The SMILES string of the molecule is C=CCC[C@@H](C)[C@H](CCCC)O[Si](C)(C)C(C)(C)C. The van der Waals surface area contributed by atoms with Crippen LogP contribution < -0.4 is 0 Å². The van der Waals surface area contributed by atoms with Gasteiger partial charge in [-0.3, -0.25) is 0 Å². The van der Waals surface area contributed by atoms with Crippen molar-refractivity contribution >= 4 is 8.32 Å². The van der Waals surface area contributed by atoms with Gasteiger partial charge in [0.05, 0.1) is 0 Å². The molecule has 0 radical (unpaired) electrons. The lowest BCUT2D eigenvalue weighted by atomic mass is 9.95. The average Bonchev–Trinajstić information content (AvgIpc) is 2.29. The van der Waals surface area contributed by atoms with Crippen LogP contribution in [0.25, 0.3) is 0 Å². The van der Waals surface area contributed by atoms with Gasteiger partial charge in [0.25, 0.3) is 0 Å². The van der Waals surface area contributed by atoms with Gasteiger partial charge in [-0.25, -0.2) is 0 Å². The molecule has 19 heavy (non-hydrogen) atoms. The van der Waals surface area contributed by atoms with E-state index < -0.39 is 8.32 Å². The molecule has 0 unspecified atom stereocenters. The summed E-state index contributed by atoms with van der Waals surface area (Å²) in [4.78, 5) is 0. The minimum Gasteiger partial charge on any atom is -0.414 e. The third kappa shape index (κ3) is 6.76. The molecule has 0 saturated carbocycles. The van der Waals surface area contributed by atoms with E-state index in [2.05, 4.69) is 54.3 Å². The number of allylic oxidation sites excluding steroid dienone is 1. The van der Waals surface area contributed by atoms with Crippen molar-refractivity contribution in [1.82, 2.24) is 0 Å². The molecule has 0 spiro atoms. The third-order valence-electron chi connectivity index (χ3n) is 4.56. The van der Waals surface area contributed by atoms with E-state index in [1.807, 2.05) is 6.08 Å². The summed E-state index contributed by atoms with van der Waals surface area (Å²) in [6.45, 7) is 20.1. The Labute approximate surface area is 123 Å². The Hall–Kier alpha value is -0.0831. The molecule has 0 N–H and O–H groups in total. The minimum atomic E-state index is -1.65. The van der Waals surface area contributed by atoms with Crippen molar-refractivity contribution in [2.24, 2.45) is 5.92 Å². The molecule has 0 aromatic carbocycles. The van der Waals surface area contributed by atoms with Gasteiger partial charge in [0.15, 0.2) is 8.32 Å². The van der Waals surface area contributed by atoms with Gasteiger partial charge < -0.3 is 4.43 Å². The van der Waals surface area contributed by atoms with E-state index >= 15 is 0 Å².